The minimum atomic E-state index is 0.271. The van der Waals surface area contributed by atoms with Crippen LogP contribution in [0.1, 0.15) is 13.3 Å². The van der Waals surface area contributed by atoms with Gasteiger partial charge in [-0.1, -0.05) is 0 Å². The first-order valence-corrected chi connectivity index (χ1v) is 4.39. The number of hydrogen-bond acceptors (Lipinski definition) is 4. The van der Waals surface area contributed by atoms with E-state index in [9.17, 15) is 0 Å². The minimum absolute atomic E-state index is 0.271. The van der Waals surface area contributed by atoms with E-state index in [0.717, 1.165) is 19.6 Å². The van der Waals surface area contributed by atoms with Gasteiger partial charge < -0.3 is 9.64 Å². The molecule has 0 aromatic rings. The highest BCUT2D eigenvalue weighted by molar-refractivity contribution is 4.63. The van der Waals surface area contributed by atoms with Gasteiger partial charge in [0, 0.05) is 12.6 Å². The van der Waals surface area contributed by atoms with Crippen LogP contribution >= 0.6 is 0 Å². The Hall–Kier alpha value is -0.160. The van der Waals surface area contributed by atoms with Crippen LogP contribution in [0.2, 0.25) is 0 Å². The van der Waals surface area contributed by atoms with Crippen LogP contribution in [0.5, 0.6) is 0 Å². The highest BCUT2D eigenvalue weighted by Crippen LogP contribution is 1.93. The van der Waals surface area contributed by atoms with Crippen LogP contribution in [0, 0.1) is 0 Å². The summed E-state index contributed by atoms with van der Waals surface area (Å²) < 4.78 is 5.26. The van der Waals surface area contributed by atoms with E-state index in [1.54, 1.807) is 0 Å². The van der Waals surface area contributed by atoms with Gasteiger partial charge in [0.25, 0.3) is 0 Å². The maximum atomic E-state index is 5.35. The molecule has 0 spiro atoms. The van der Waals surface area contributed by atoms with E-state index in [4.69, 9.17) is 10.6 Å². The van der Waals surface area contributed by atoms with Gasteiger partial charge in [0.15, 0.2) is 0 Å². The summed E-state index contributed by atoms with van der Waals surface area (Å²) in [7, 11) is 4.10. The van der Waals surface area contributed by atoms with E-state index in [2.05, 4.69) is 10.3 Å². The maximum Gasteiger partial charge on any atom is 0.0633 e. The number of nitrogens with two attached hydrogens (primary N) is 1. The van der Waals surface area contributed by atoms with Gasteiger partial charge in [-0.05, 0) is 34.0 Å². The molecule has 0 heterocycles. The summed E-state index contributed by atoms with van der Waals surface area (Å²) in [4.78, 5) is 2.14. The summed E-state index contributed by atoms with van der Waals surface area (Å²) in [5, 5.41) is 0. The third kappa shape index (κ3) is 6.54. The molecule has 0 bridgehead atoms. The molecule has 3 N–H and O–H groups in total. The molecule has 12 heavy (non-hydrogen) atoms. The molecule has 0 amide bonds. The number of hydrazine groups is 1. The Kier molecular flexibility index (Phi) is 7.39. The Labute approximate surface area is 75.0 Å². The molecule has 0 aromatic heterocycles. The third-order valence-corrected chi connectivity index (χ3v) is 1.68. The lowest BCUT2D eigenvalue weighted by molar-refractivity contribution is 0.117. The molecular formula is C8H21N3O. The van der Waals surface area contributed by atoms with Crippen molar-refractivity contribution in [3.63, 3.8) is 0 Å². The zero-order valence-electron chi connectivity index (χ0n) is 8.34. The van der Waals surface area contributed by atoms with Crippen LogP contribution in [0.25, 0.3) is 0 Å². The minimum Gasteiger partial charge on any atom is -0.380 e. The molecule has 0 aliphatic heterocycles. The second-order valence-electron chi connectivity index (χ2n) is 3.12. The van der Waals surface area contributed by atoms with Gasteiger partial charge in [0.05, 0.1) is 6.61 Å². The van der Waals surface area contributed by atoms with E-state index in [-0.39, 0.29) is 6.04 Å². The monoisotopic (exact) mass is 175 g/mol. The molecular weight excluding hydrogens is 154 g/mol. The third-order valence-electron chi connectivity index (χ3n) is 1.68. The highest BCUT2D eigenvalue weighted by atomic mass is 16.5. The number of nitrogens with one attached hydrogen (secondary N) is 1. The molecule has 0 saturated heterocycles. The van der Waals surface area contributed by atoms with Crippen molar-refractivity contribution in [3.8, 4) is 0 Å². The van der Waals surface area contributed by atoms with Crippen LogP contribution in [-0.4, -0.2) is 44.8 Å². The van der Waals surface area contributed by atoms with Crippen molar-refractivity contribution in [2.75, 3.05) is 33.9 Å². The predicted molar refractivity (Wildman–Crippen MR) is 50.8 cm³/mol. The SMILES string of the molecule is CCOCC(CCN(C)C)NN. The molecule has 0 aliphatic carbocycles. The van der Waals surface area contributed by atoms with Crippen molar-refractivity contribution in [1.29, 1.82) is 0 Å². The summed E-state index contributed by atoms with van der Waals surface area (Å²) in [6.45, 7) is 4.46. The van der Waals surface area contributed by atoms with Crippen LogP contribution in [0.3, 0.4) is 0 Å². The van der Waals surface area contributed by atoms with Gasteiger partial charge in [-0.2, -0.15) is 0 Å². The van der Waals surface area contributed by atoms with Crippen LogP contribution in [0.15, 0.2) is 0 Å². The molecule has 0 radical (unpaired) electrons. The molecule has 1 unspecified atom stereocenters. The van der Waals surface area contributed by atoms with Crippen molar-refractivity contribution < 1.29 is 4.74 Å². The topological polar surface area (TPSA) is 50.5 Å². The van der Waals surface area contributed by atoms with Gasteiger partial charge in [-0.25, -0.2) is 0 Å². The second-order valence-corrected chi connectivity index (χ2v) is 3.12. The standard InChI is InChI=1S/C8H21N3O/c1-4-12-7-8(10-9)5-6-11(2)3/h8,10H,4-7,9H2,1-3H3. The van der Waals surface area contributed by atoms with Gasteiger partial charge >= 0.3 is 0 Å². The second kappa shape index (κ2) is 7.49. The fraction of sp³-hybridized carbons (Fsp3) is 1.00. The van der Waals surface area contributed by atoms with Crippen LogP contribution in [-0.2, 0) is 4.74 Å². The molecule has 0 aliphatic rings. The van der Waals surface area contributed by atoms with Crippen molar-refractivity contribution in [3.05, 3.63) is 0 Å². The summed E-state index contributed by atoms with van der Waals surface area (Å²) in [6, 6.07) is 0.271. The Bertz CT molecular complexity index is 98.3. The van der Waals surface area contributed by atoms with E-state index < -0.39 is 0 Å². The fourth-order valence-electron chi connectivity index (χ4n) is 0.889. The van der Waals surface area contributed by atoms with Crippen molar-refractivity contribution in [1.82, 2.24) is 10.3 Å². The first-order valence-electron chi connectivity index (χ1n) is 4.39. The molecule has 4 nitrogen and oxygen atoms in total. The molecule has 0 aromatic carbocycles. The van der Waals surface area contributed by atoms with Gasteiger partial charge in [-0.3, -0.25) is 11.3 Å². The van der Waals surface area contributed by atoms with Crippen LogP contribution < -0.4 is 11.3 Å². The summed E-state index contributed by atoms with van der Waals surface area (Å²) in [5.74, 6) is 5.35. The molecule has 0 rings (SSSR count). The summed E-state index contributed by atoms with van der Waals surface area (Å²) >= 11 is 0. The lowest BCUT2D eigenvalue weighted by Gasteiger charge is -2.17. The van der Waals surface area contributed by atoms with Gasteiger partial charge in [-0.15, -0.1) is 0 Å². The largest absolute Gasteiger partial charge is 0.380 e. The van der Waals surface area contributed by atoms with Crippen molar-refractivity contribution in [2.45, 2.75) is 19.4 Å². The normalized spacial score (nSPS) is 13.8. The first kappa shape index (κ1) is 11.8. The molecule has 74 valence electrons. The molecule has 0 saturated carbocycles. The number of nitrogens with zero attached hydrogens (tertiary/aromatic N) is 1. The number of rotatable bonds is 7. The van der Waals surface area contributed by atoms with E-state index in [0.29, 0.717) is 6.61 Å². The summed E-state index contributed by atoms with van der Waals surface area (Å²) in [5.41, 5.74) is 2.74. The zero-order valence-corrected chi connectivity index (χ0v) is 8.34. The average Bonchev–Trinajstić information content (AvgIpc) is 2.05. The van der Waals surface area contributed by atoms with Crippen LogP contribution in [0.4, 0.5) is 0 Å². The smallest absolute Gasteiger partial charge is 0.0633 e. The zero-order chi connectivity index (χ0) is 9.40. The van der Waals surface area contributed by atoms with Gasteiger partial charge in [0.2, 0.25) is 0 Å². The van der Waals surface area contributed by atoms with E-state index in [1.165, 1.54) is 0 Å². The average molecular weight is 175 g/mol. The lowest BCUT2D eigenvalue weighted by atomic mass is 10.2. The Morgan fingerprint density at radius 3 is 2.58 bits per heavy atom. The lowest BCUT2D eigenvalue weighted by Crippen LogP contribution is -2.40. The Morgan fingerprint density at radius 2 is 2.17 bits per heavy atom. The Balaban J connectivity index is 3.39. The predicted octanol–water partition coefficient (Wildman–Crippen LogP) is -0.193. The molecule has 0 fully saturated rings. The first-order chi connectivity index (χ1) is 5.70. The van der Waals surface area contributed by atoms with E-state index in [1.807, 2.05) is 21.0 Å². The molecule has 4 heteroatoms. The maximum absolute atomic E-state index is 5.35. The van der Waals surface area contributed by atoms with Crippen molar-refractivity contribution in [2.24, 2.45) is 5.84 Å². The Morgan fingerprint density at radius 1 is 1.50 bits per heavy atom. The number of ether oxygens (including phenoxy) is 1. The highest BCUT2D eigenvalue weighted by Gasteiger charge is 2.05. The quantitative estimate of drug-likeness (QED) is 0.416. The summed E-state index contributed by atoms with van der Waals surface area (Å²) in [6.07, 6.45) is 1.02. The number of hydrogen-bond donors (Lipinski definition) is 2. The van der Waals surface area contributed by atoms with E-state index >= 15 is 0 Å². The van der Waals surface area contributed by atoms with Gasteiger partial charge in [0.1, 0.15) is 0 Å². The molecule has 1 atom stereocenters. The van der Waals surface area contributed by atoms with Crippen molar-refractivity contribution >= 4 is 0 Å². The fourth-order valence-corrected chi connectivity index (χ4v) is 0.889.